The Morgan fingerprint density at radius 3 is 2.00 bits per heavy atom. The Balaban J connectivity index is 4.36. The highest BCUT2D eigenvalue weighted by atomic mass is 28.4. The number of alkyl halides is 3. The lowest BCUT2D eigenvalue weighted by atomic mass is 10.7. The van der Waals surface area contributed by atoms with Gasteiger partial charge >= 0.3 is 14.7 Å². The monoisotopic (exact) mass is 226 g/mol. The SMILES string of the molecule is C=C[Si](C=C)(OCC)OCC(F)(F)F. The molecule has 0 fully saturated rings. The van der Waals surface area contributed by atoms with Crippen molar-refractivity contribution in [1.29, 1.82) is 0 Å². The topological polar surface area (TPSA) is 18.5 Å². The normalized spacial score (nSPS) is 12.6. The van der Waals surface area contributed by atoms with Gasteiger partial charge in [-0.15, -0.1) is 13.2 Å². The van der Waals surface area contributed by atoms with Gasteiger partial charge in [-0.1, -0.05) is 0 Å². The van der Waals surface area contributed by atoms with Gasteiger partial charge < -0.3 is 8.85 Å². The summed E-state index contributed by atoms with van der Waals surface area (Å²) in [5.74, 6) is 0. The first-order valence-electron chi connectivity index (χ1n) is 4.01. The molecule has 0 heterocycles. The van der Waals surface area contributed by atoms with Crippen LogP contribution >= 0.6 is 0 Å². The van der Waals surface area contributed by atoms with Crippen LogP contribution in [-0.4, -0.2) is 28.0 Å². The Morgan fingerprint density at radius 1 is 1.21 bits per heavy atom. The first kappa shape index (κ1) is 13.4. The largest absolute Gasteiger partial charge is 0.410 e. The summed E-state index contributed by atoms with van der Waals surface area (Å²) in [5, 5.41) is 0. The quantitative estimate of drug-likeness (QED) is 0.648. The highest BCUT2D eigenvalue weighted by molar-refractivity contribution is 6.77. The van der Waals surface area contributed by atoms with Gasteiger partial charge in [0.1, 0.15) is 6.61 Å². The van der Waals surface area contributed by atoms with Gasteiger partial charge in [0.25, 0.3) is 0 Å². The molecule has 0 N–H and O–H groups in total. The zero-order chi connectivity index (χ0) is 11.2. The fraction of sp³-hybridized carbons (Fsp3) is 0.500. The predicted molar refractivity (Wildman–Crippen MR) is 49.8 cm³/mol. The van der Waals surface area contributed by atoms with Crippen molar-refractivity contribution in [3.63, 3.8) is 0 Å². The van der Waals surface area contributed by atoms with Crippen LogP contribution in [0.4, 0.5) is 13.2 Å². The van der Waals surface area contributed by atoms with Crippen LogP contribution in [0.5, 0.6) is 0 Å². The summed E-state index contributed by atoms with van der Waals surface area (Å²) in [6.45, 7) is 7.40. The van der Waals surface area contributed by atoms with Gasteiger partial charge in [-0.2, -0.15) is 13.2 Å². The van der Waals surface area contributed by atoms with Crippen LogP contribution < -0.4 is 0 Å². The summed E-state index contributed by atoms with van der Waals surface area (Å²) in [7, 11) is -3.05. The minimum Gasteiger partial charge on any atom is -0.389 e. The third-order valence-corrected chi connectivity index (χ3v) is 3.87. The van der Waals surface area contributed by atoms with E-state index in [2.05, 4.69) is 17.6 Å². The van der Waals surface area contributed by atoms with Crippen LogP contribution in [0.1, 0.15) is 6.92 Å². The third kappa shape index (κ3) is 4.59. The zero-order valence-electron chi connectivity index (χ0n) is 7.93. The van der Waals surface area contributed by atoms with Crippen LogP contribution in [0.3, 0.4) is 0 Å². The Labute approximate surface area is 82.3 Å². The van der Waals surface area contributed by atoms with Crippen molar-refractivity contribution in [2.45, 2.75) is 13.1 Å². The second-order valence-electron chi connectivity index (χ2n) is 2.47. The molecule has 0 rings (SSSR count). The van der Waals surface area contributed by atoms with E-state index in [-0.39, 0.29) is 6.61 Å². The molecule has 0 aliphatic carbocycles. The average Bonchev–Trinajstić information content (AvgIpc) is 2.11. The van der Waals surface area contributed by atoms with Crippen molar-refractivity contribution in [2.75, 3.05) is 13.2 Å². The molecular weight excluding hydrogens is 213 g/mol. The van der Waals surface area contributed by atoms with Crippen LogP contribution in [0.15, 0.2) is 24.6 Å². The van der Waals surface area contributed by atoms with E-state index < -0.39 is 21.3 Å². The highest BCUT2D eigenvalue weighted by Crippen LogP contribution is 2.19. The van der Waals surface area contributed by atoms with Gasteiger partial charge in [-0.25, -0.2) is 0 Å². The zero-order valence-corrected chi connectivity index (χ0v) is 8.93. The molecule has 0 saturated carbocycles. The van der Waals surface area contributed by atoms with Crippen molar-refractivity contribution in [3.8, 4) is 0 Å². The predicted octanol–water partition coefficient (Wildman–Crippen LogP) is 2.49. The lowest BCUT2D eigenvalue weighted by Gasteiger charge is -2.23. The van der Waals surface area contributed by atoms with E-state index in [1.807, 2.05) is 0 Å². The summed E-state index contributed by atoms with van der Waals surface area (Å²) in [4.78, 5) is 0. The van der Waals surface area contributed by atoms with Gasteiger partial charge in [-0.05, 0) is 18.3 Å². The van der Waals surface area contributed by atoms with Crippen molar-refractivity contribution in [2.24, 2.45) is 0 Å². The van der Waals surface area contributed by atoms with Crippen LogP contribution in [0, 0.1) is 0 Å². The summed E-state index contributed by atoms with van der Waals surface area (Å²) in [6, 6.07) is 0. The van der Waals surface area contributed by atoms with E-state index in [1.54, 1.807) is 6.92 Å². The molecule has 0 aliphatic rings. The third-order valence-electron chi connectivity index (χ3n) is 1.40. The van der Waals surface area contributed by atoms with E-state index in [0.29, 0.717) is 0 Å². The van der Waals surface area contributed by atoms with Crippen molar-refractivity contribution in [3.05, 3.63) is 24.6 Å². The van der Waals surface area contributed by atoms with E-state index in [1.165, 1.54) is 11.4 Å². The van der Waals surface area contributed by atoms with Gasteiger partial charge in [0, 0.05) is 6.61 Å². The molecular formula is C8H13F3O2Si. The molecule has 82 valence electrons. The van der Waals surface area contributed by atoms with Gasteiger partial charge in [0.15, 0.2) is 0 Å². The first-order valence-corrected chi connectivity index (χ1v) is 5.98. The van der Waals surface area contributed by atoms with E-state index in [4.69, 9.17) is 4.43 Å². The van der Waals surface area contributed by atoms with Crippen LogP contribution in [0.25, 0.3) is 0 Å². The Kier molecular flexibility index (Phi) is 5.10. The van der Waals surface area contributed by atoms with E-state index in [0.717, 1.165) is 0 Å². The molecule has 0 saturated heterocycles. The fourth-order valence-electron chi connectivity index (χ4n) is 0.781. The van der Waals surface area contributed by atoms with Crippen LogP contribution in [-0.2, 0) is 8.85 Å². The second kappa shape index (κ2) is 5.33. The lowest BCUT2D eigenvalue weighted by Crippen LogP contribution is -2.41. The number of rotatable bonds is 6. The van der Waals surface area contributed by atoms with E-state index >= 15 is 0 Å². The molecule has 0 unspecified atom stereocenters. The molecule has 0 aliphatic heterocycles. The van der Waals surface area contributed by atoms with Gasteiger partial charge in [0.2, 0.25) is 0 Å². The molecule has 0 radical (unpaired) electrons. The summed E-state index contributed by atoms with van der Waals surface area (Å²) < 4.78 is 45.4. The molecule has 0 aromatic carbocycles. The van der Waals surface area contributed by atoms with Gasteiger partial charge in [-0.3, -0.25) is 0 Å². The molecule has 0 aromatic heterocycles. The highest BCUT2D eigenvalue weighted by Gasteiger charge is 2.37. The number of halogens is 3. The van der Waals surface area contributed by atoms with Gasteiger partial charge in [0.05, 0.1) is 0 Å². The molecule has 0 spiro atoms. The molecule has 0 aromatic rings. The molecule has 6 heteroatoms. The molecule has 0 atom stereocenters. The number of hydrogen-bond donors (Lipinski definition) is 0. The van der Waals surface area contributed by atoms with E-state index in [9.17, 15) is 13.2 Å². The Hall–Kier alpha value is -0.593. The Bertz CT molecular complexity index is 195. The fourth-order valence-corrected chi connectivity index (χ4v) is 2.34. The summed E-state index contributed by atoms with van der Waals surface area (Å²) in [5.41, 5.74) is 2.55. The molecule has 2 nitrogen and oxygen atoms in total. The summed E-state index contributed by atoms with van der Waals surface area (Å²) >= 11 is 0. The maximum Gasteiger partial charge on any atom is 0.410 e. The average molecular weight is 226 g/mol. The van der Waals surface area contributed by atoms with Crippen molar-refractivity contribution < 1.29 is 22.0 Å². The maximum atomic E-state index is 11.9. The summed E-state index contributed by atoms with van der Waals surface area (Å²) in [6.07, 6.45) is -4.36. The maximum absolute atomic E-state index is 11.9. The minimum atomic E-state index is -4.36. The molecule has 0 bridgehead atoms. The molecule has 0 amide bonds. The van der Waals surface area contributed by atoms with Crippen molar-refractivity contribution in [1.82, 2.24) is 0 Å². The lowest BCUT2D eigenvalue weighted by molar-refractivity contribution is -0.158. The standard InChI is InChI=1S/C8H13F3O2Si/c1-4-12-14(5-2,6-3)13-7-8(9,10)11/h5-6H,2-4,7H2,1H3. The van der Waals surface area contributed by atoms with Crippen molar-refractivity contribution >= 4 is 8.56 Å². The first-order chi connectivity index (χ1) is 6.39. The van der Waals surface area contributed by atoms with Crippen LogP contribution in [0.2, 0.25) is 0 Å². The minimum absolute atomic E-state index is 0.266. The smallest absolute Gasteiger partial charge is 0.389 e. The Morgan fingerprint density at radius 2 is 1.71 bits per heavy atom. The second-order valence-corrected chi connectivity index (χ2v) is 5.30. The number of hydrogen-bond acceptors (Lipinski definition) is 2. The molecule has 14 heavy (non-hydrogen) atoms.